The van der Waals surface area contributed by atoms with Crippen molar-refractivity contribution in [3.63, 3.8) is 0 Å². The fraction of sp³-hybridized carbons (Fsp3) is 0.565. The average molecular weight is 403 g/mol. The van der Waals surface area contributed by atoms with Crippen LogP contribution in [-0.4, -0.2) is 26.2 Å². The Morgan fingerprint density at radius 3 is 2.57 bits per heavy atom. The average Bonchev–Trinajstić information content (AvgIpc) is 2.96. The van der Waals surface area contributed by atoms with E-state index in [4.69, 9.17) is 4.74 Å². The number of rotatable bonds is 6. The number of carbonyl (C=O) groups excluding carboxylic acids is 1. The summed E-state index contributed by atoms with van der Waals surface area (Å²) in [5, 5.41) is 0. The number of hydrogen-bond donors (Lipinski definition) is 0. The van der Waals surface area contributed by atoms with Gasteiger partial charge in [0.15, 0.2) is 9.84 Å². The number of carbonyl (C=O) groups is 1. The van der Waals surface area contributed by atoms with Crippen molar-refractivity contribution < 1.29 is 17.9 Å². The summed E-state index contributed by atoms with van der Waals surface area (Å²) in [5.41, 5.74) is 2.11. The third-order valence-electron chi connectivity index (χ3n) is 6.80. The van der Waals surface area contributed by atoms with E-state index in [1.807, 2.05) is 26.0 Å². The van der Waals surface area contributed by atoms with Crippen LogP contribution in [-0.2, 0) is 19.4 Å². The molecule has 2 aliphatic carbocycles. The maximum atomic E-state index is 13.2. The van der Waals surface area contributed by atoms with Gasteiger partial charge in [0.2, 0.25) is 0 Å². The third-order valence-corrected chi connectivity index (χ3v) is 8.68. The van der Waals surface area contributed by atoms with Gasteiger partial charge in [-0.2, -0.15) is 0 Å². The van der Waals surface area contributed by atoms with Crippen molar-refractivity contribution in [3.05, 3.63) is 48.2 Å². The van der Waals surface area contributed by atoms with Gasteiger partial charge < -0.3 is 4.74 Å². The van der Waals surface area contributed by atoms with Gasteiger partial charge in [-0.3, -0.25) is 0 Å². The van der Waals surface area contributed by atoms with Gasteiger partial charge in [-0.05, 0) is 54.7 Å². The van der Waals surface area contributed by atoms with Crippen LogP contribution < -0.4 is 0 Å². The molecule has 0 N–H and O–H groups in total. The smallest absolute Gasteiger partial charge is 0.338 e. The Kier molecular flexibility index (Phi) is 5.62. The molecule has 5 heteroatoms. The number of hydrogen-bond acceptors (Lipinski definition) is 4. The summed E-state index contributed by atoms with van der Waals surface area (Å²) in [7, 11) is -3.48. The van der Waals surface area contributed by atoms with Crippen molar-refractivity contribution >= 4 is 15.8 Å². The van der Waals surface area contributed by atoms with Gasteiger partial charge >= 0.3 is 5.97 Å². The molecule has 0 saturated heterocycles. The van der Waals surface area contributed by atoms with Crippen LogP contribution in [0.1, 0.15) is 47.0 Å². The maximum absolute atomic E-state index is 13.2. The van der Waals surface area contributed by atoms with Crippen LogP contribution in [0.15, 0.2) is 53.1 Å². The molecule has 152 valence electrons. The molecular weight excluding hydrogens is 372 g/mol. The molecule has 0 aromatic heterocycles. The minimum Gasteiger partial charge on any atom is -0.458 e. The van der Waals surface area contributed by atoms with Gasteiger partial charge in [0.25, 0.3) is 0 Å². The Morgan fingerprint density at radius 2 is 1.96 bits per heavy atom. The highest BCUT2D eigenvalue weighted by Crippen LogP contribution is 2.67. The third kappa shape index (κ3) is 3.70. The van der Waals surface area contributed by atoms with E-state index in [9.17, 15) is 13.2 Å². The van der Waals surface area contributed by atoms with Crippen LogP contribution in [0.5, 0.6) is 0 Å². The SMILES string of the molecule is CC(C)C=C=CC(=O)O[C@@H]1C[C@H]2CC[C@@]1(CS(=O)(=O)c1ccccc1)C2(C)C. The second kappa shape index (κ2) is 7.53. The first-order valence-electron chi connectivity index (χ1n) is 9.99. The molecule has 0 spiro atoms. The first kappa shape index (κ1) is 20.9. The van der Waals surface area contributed by atoms with E-state index in [2.05, 4.69) is 19.6 Å². The van der Waals surface area contributed by atoms with Crippen molar-refractivity contribution in [3.8, 4) is 0 Å². The van der Waals surface area contributed by atoms with Crippen molar-refractivity contribution in [2.75, 3.05) is 5.75 Å². The zero-order chi connectivity index (χ0) is 20.6. The highest BCUT2D eigenvalue weighted by atomic mass is 32.2. The summed E-state index contributed by atoms with van der Waals surface area (Å²) in [4.78, 5) is 12.7. The molecule has 0 radical (unpaired) electrons. The van der Waals surface area contributed by atoms with Crippen molar-refractivity contribution in [2.45, 2.75) is 58.0 Å². The van der Waals surface area contributed by atoms with Gasteiger partial charge in [-0.1, -0.05) is 45.9 Å². The van der Waals surface area contributed by atoms with E-state index in [1.54, 1.807) is 24.3 Å². The highest BCUT2D eigenvalue weighted by molar-refractivity contribution is 7.91. The summed E-state index contributed by atoms with van der Waals surface area (Å²) < 4.78 is 32.1. The summed E-state index contributed by atoms with van der Waals surface area (Å²) >= 11 is 0. The van der Waals surface area contributed by atoms with Crippen LogP contribution in [0, 0.1) is 22.7 Å². The summed E-state index contributed by atoms with van der Waals surface area (Å²) in [6.07, 6.45) is 5.21. The number of esters is 1. The molecular formula is C23H30O4S. The standard InChI is InChI=1S/C23H30O4S/c1-17(2)9-8-12-21(24)27-20-15-18-13-14-23(20,22(18,3)4)16-28(25,26)19-10-6-5-7-11-19/h5-7,9-12,17-18,20H,13-16H2,1-4H3/t8?,18-,20-,23+/m1/s1. The summed E-state index contributed by atoms with van der Waals surface area (Å²) in [5.74, 6) is 0.234. The molecule has 2 saturated carbocycles. The predicted molar refractivity (Wildman–Crippen MR) is 109 cm³/mol. The zero-order valence-corrected chi connectivity index (χ0v) is 18.0. The van der Waals surface area contributed by atoms with Crippen LogP contribution in [0.4, 0.5) is 0 Å². The van der Waals surface area contributed by atoms with E-state index in [0.717, 1.165) is 19.3 Å². The molecule has 28 heavy (non-hydrogen) atoms. The molecule has 2 bridgehead atoms. The second-order valence-electron chi connectivity index (χ2n) is 9.07. The molecule has 2 aliphatic rings. The lowest BCUT2D eigenvalue weighted by atomic mass is 9.69. The van der Waals surface area contributed by atoms with Crippen LogP contribution in [0.25, 0.3) is 0 Å². The second-order valence-corrected chi connectivity index (χ2v) is 11.1. The molecule has 3 atom stereocenters. The molecule has 1 aromatic carbocycles. The van der Waals surface area contributed by atoms with Gasteiger partial charge in [0.1, 0.15) is 6.10 Å². The summed E-state index contributed by atoms with van der Waals surface area (Å²) in [6, 6.07) is 8.57. The Bertz CT molecular complexity index is 892. The van der Waals surface area contributed by atoms with E-state index in [-0.39, 0.29) is 17.3 Å². The largest absolute Gasteiger partial charge is 0.458 e. The number of sulfone groups is 1. The number of ether oxygens (including phenoxy) is 1. The van der Waals surface area contributed by atoms with E-state index in [1.165, 1.54) is 6.08 Å². The molecule has 4 nitrogen and oxygen atoms in total. The molecule has 3 rings (SSSR count). The lowest BCUT2D eigenvalue weighted by molar-refractivity contribution is -0.150. The lowest BCUT2D eigenvalue weighted by Gasteiger charge is -2.41. The van der Waals surface area contributed by atoms with E-state index in [0.29, 0.717) is 16.7 Å². The Morgan fingerprint density at radius 1 is 1.29 bits per heavy atom. The van der Waals surface area contributed by atoms with Crippen LogP contribution >= 0.6 is 0 Å². The Hall–Kier alpha value is -1.84. The van der Waals surface area contributed by atoms with Crippen LogP contribution in [0.3, 0.4) is 0 Å². The molecule has 0 heterocycles. The topological polar surface area (TPSA) is 60.4 Å². The van der Waals surface area contributed by atoms with Crippen LogP contribution in [0.2, 0.25) is 0 Å². The molecule has 0 unspecified atom stereocenters. The maximum Gasteiger partial charge on any atom is 0.338 e. The zero-order valence-electron chi connectivity index (χ0n) is 17.1. The van der Waals surface area contributed by atoms with E-state index < -0.39 is 21.2 Å². The first-order valence-corrected chi connectivity index (χ1v) is 11.6. The molecule has 1 aromatic rings. The first-order chi connectivity index (χ1) is 13.1. The fourth-order valence-corrected chi connectivity index (χ4v) is 7.16. The van der Waals surface area contributed by atoms with Gasteiger partial charge in [-0.25, -0.2) is 13.2 Å². The quantitative estimate of drug-likeness (QED) is 0.397. The Labute approximate surface area is 168 Å². The van der Waals surface area contributed by atoms with Gasteiger partial charge in [-0.15, -0.1) is 5.73 Å². The predicted octanol–water partition coefficient (Wildman–Crippen LogP) is 4.57. The Balaban J connectivity index is 1.88. The number of fused-ring (bicyclic) bond motifs is 2. The minimum absolute atomic E-state index is 0.0109. The summed E-state index contributed by atoms with van der Waals surface area (Å²) in [6.45, 7) is 8.28. The highest BCUT2D eigenvalue weighted by Gasteiger charge is 2.66. The lowest BCUT2D eigenvalue weighted by Crippen LogP contribution is -2.46. The molecule has 0 aliphatic heterocycles. The normalized spacial score (nSPS) is 28.0. The van der Waals surface area contributed by atoms with E-state index >= 15 is 0 Å². The van der Waals surface area contributed by atoms with Crippen molar-refractivity contribution in [2.24, 2.45) is 22.7 Å². The van der Waals surface area contributed by atoms with Gasteiger partial charge in [0, 0.05) is 5.41 Å². The van der Waals surface area contributed by atoms with Crippen molar-refractivity contribution in [1.82, 2.24) is 0 Å². The number of benzene rings is 1. The monoisotopic (exact) mass is 402 g/mol. The molecule has 2 fully saturated rings. The van der Waals surface area contributed by atoms with Gasteiger partial charge in [0.05, 0.1) is 16.7 Å². The molecule has 0 amide bonds. The van der Waals surface area contributed by atoms with Crippen molar-refractivity contribution in [1.29, 1.82) is 0 Å². The fourth-order valence-electron chi connectivity index (χ4n) is 5.04. The minimum atomic E-state index is -3.48.